The number of carbonyl (C=O) groups is 2. The third kappa shape index (κ3) is 3.45. The van der Waals surface area contributed by atoms with Gasteiger partial charge in [0.05, 0.1) is 13.0 Å². The predicted octanol–water partition coefficient (Wildman–Crippen LogP) is 1.25. The molecule has 0 saturated carbocycles. The van der Waals surface area contributed by atoms with Gasteiger partial charge in [0.2, 0.25) is 0 Å². The van der Waals surface area contributed by atoms with Gasteiger partial charge in [-0.05, 0) is 18.1 Å². The maximum atomic E-state index is 12.1. The Morgan fingerprint density at radius 3 is 2.52 bits per heavy atom. The molecular weight excluding hydrogens is 274 g/mol. The number of carboxylic acid groups (broad SMARTS) is 1. The number of hydrogen-bond donors (Lipinski definition) is 1. The number of nitrogens with zero attached hydrogens (tertiary/aromatic N) is 1. The molecule has 0 aliphatic carbocycles. The fraction of sp³-hybridized carbons (Fsp3) is 0.467. The Hall–Kier alpha value is -2.24. The molecule has 0 spiro atoms. The van der Waals surface area contributed by atoms with Crippen LogP contribution in [0.2, 0.25) is 0 Å². The summed E-state index contributed by atoms with van der Waals surface area (Å²) in [4.78, 5) is 24.7. The molecule has 1 saturated heterocycles. The van der Waals surface area contributed by atoms with Crippen molar-refractivity contribution in [2.24, 2.45) is 11.8 Å². The zero-order chi connectivity index (χ0) is 15.4. The molecule has 1 heterocycles. The molecule has 1 aliphatic rings. The van der Waals surface area contributed by atoms with Crippen LogP contribution in [0.4, 0.5) is 0 Å². The highest BCUT2D eigenvalue weighted by atomic mass is 16.5. The fourth-order valence-electron chi connectivity index (χ4n) is 2.46. The Kier molecular flexibility index (Phi) is 4.67. The summed E-state index contributed by atoms with van der Waals surface area (Å²) in [5, 5.41) is 9.07. The van der Waals surface area contributed by atoms with E-state index in [-0.39, 0.29) is 25.0 Å². The Balaban J connectivity index is 1.92. The Morgan fingerprint density at radius 2 is 1.95 bits per heavy atom. The monoisotopic (exact) mass is 293 g/mol. The van der Waals surface area contributed by atoms with Crippen LogP contribution in [0.3, 0.4) is 0 Å². The average Bonchev–Trinajstić information content (AvgIpc) is 2.87. The molecule has 6 nitrogen and oxygen atoms in total. The van der Waals surface area contributed by atoms with Gasteiger partial charge in [-0.25, -0.2) is 0 Å². The first-order valence-corrected chi connectivity index (χ1v) is 6.79. The quantitative estimate of drug-likeness (QED) is 0.884. The number of carboxylic acids is 1. The summed E-state index contributed by atoms with van der Waals surface area (Å²) >= 11 is 0. The van der Waals surface area contributed by atoms with Crippen LogP contribution in [-0.4, -0.2) is 48.7 Å². The summed E-state index contributed by atoms with van der Waals surface area (Å²) in [6.45, 7) is 2.41. The second-order valence-corrected chi connectivity index (χ2v) is 5.16. The summed E-state index contributed by atoms with van der Waals surface area (Å²) < 4.78 is 10.6. The van der Waals surface area contributed by atoms with Crippen molar-refractivity contribution in [3.05, 3.63) is 24.3 Å². The summed E-state index contributed by atoms with van der Waals surface area (Å²) in [6.07, 6.45) is 0. The SMILES string of the molecule is COc1ccccc1OCC(=O)N1CC(C)C(C(=O)O)C1. The van der Waals surface area contributed by atoms with Gasteiger partial charge in [-0.2, -0.15) is 0 Å². The molecule has 2 rings (SSSR count). The van der Waals surface area contributed by atoms with Crippen LogP contribution in [0.15, 0.2) is 24.3 Å². The third-order valence-corrected chi connectivity index (χ3v) is 3.70. The van der Waals surface area contributed by atoms with Crippen molar-refractivity contribution in [2.45, 2.75) is 6.92 Å². The number of likely N-dealkylation sites (tertiary alicyclic amines) is 1. The Labute approximate surface area is 123 Å². The number of benzene rings is 1. The maximum absolute atomic E-state index is 12.1. The summed E-state index contributed by atoms with van der Waals surface area (Å²) in [5.74, 6) is -0.559. The highest BCUT2D eigenvalue weighted by molar-refractivity contribution is 5.80. The van der Waals surface area contributed by atoms with Crippen LogP contribution >= 0.6 is 0 Å². The van der Waals surface area contributed by atoms with E-state index in [2.05, 4.69) is 0 Å². The maximum Gasteiger partial charge on any atom is 0.308 e. The normalized spacial score (nSPS) is 21.1. The molecule has 0 aromatic heterocycles. The van der Waals surface area contributed by atoms with E-state index in [1.807, 2.05) is 13.0 Å². The number of amides is 1. The molecule has 0 radical (unpaired) electrons. The highest BCUT2D eigenvalue weighted by Gasteiger charge is 2.36. The summed E-state index contributed by atoms with van der Waals surface area (Å²) in [5.41, 5.74) is 0. The minimum Gasteiger partial charge on any atom is -0.493 e. The average molecular weight is 293 g/mol. The molecule has 21 heavy (non-hydrogen) atoms. The standard InChI is InChI=1S/C15H19NO5/c1-10-7-16(8-11(10)15(18)19)14(17)9-21-13-6-4-3-5-12(13)20-2/h3-6,10-11H,7-9H2,1-2H3,(H,18,19). The molecule has 114 valence electrons. The van der Waals surface area contributed by atoms with Crippen LogP contribution in [-0.2, 0) is 9.59 Å². The number of ether oxygens (including phenoxy) is 2. The van der Waals surface area contributed by atoms with Crippen molar-refractivity contribution in [2.75, 3.05) is 26.8 Å². The van der Waals surface area contributed by atoms with Crippen LogP contribution < -0.4 is 9.47 Å². The van der Waals surface area contributed by atoms with Gasteiger partial charge in [0, 0.05) is 13.1 Å². The first kappa shape index (κ1) is 15.2. The van der Waals surface area contributed by atoms with E-state index in [0.717, 1.165) is 0 Å². The van der Waals surface area contributed by atoms with Crippen LogP contribution in [0, 0.1) is 11.8 Å². The molecule has 1 N–H and O–H groups in total. The van der Waals surface area contributed by atoms with Crippen LogP contribution in [0.25, 0.3) is 0 Å². The number of carbonyl (C=O) groups excluding carboxylic acids is 1. The van der Waals surface area contributed by atoms with Crippen molar-refractivity contribution >= 4 is 11.9 Å². The second kappa shape index (κ2) is 6.47. The van der Waals surface area contributed by atoms with Crippen LogP contribution in [0.1, 0.15) is 6.92 Å². The lowest BCUT2D eigenvalue weighted by atomic mass is 9.99. The van der Waals surface area contributed by atoms with Crippen LogP contribution in [0.5, 0.6) is 11.5 Å². The van der Waals surface area contributed by atoms with E-state index in [9.17, 15) is 9.59 Å². The van der Waals surface area contributed by atoms with Gasteiger partial charge in [0.25, 0.3) is 5.91 Å². The Morgan fingerprint density at radius 1 is 1.29 bits per heavy atom. The molecule has 2 unspecified atom stereocenters. The minimum absolute atomic E-state index is 0.0438. The zero-order valence-electron chi connectivity index (χ0n) is 12.1. The lowest BCUT2D eigenvalue weighted by Crippen LogP contribution is -2.33. The molecule has 1 amide bonds. The van der Waals surface area contributed by atoms with Crippen molar-refractivity contribution in [1.29, 1.82) is 0 Å². The molecule has 2 atom stereocenters. The molecule has 1 aliphatic heterocycles. The first-order chi connectivity index (χ1) is 10.0. The molecular formula is C15H19NO5. The second-order valence-electron chi connectivity index (χ2n) is 5.16. The van der Waals surface area contributed by atoms with Gasteiger partial charge in [0.15, 0.2) is 18.1 Å². The lowest BCUT2D eigenvalue weighted by Gasteiger charge is -2.17. The number of rotatable bonds is 5. The largest absolute Gasteiger partial charge is 0.493 e. The van der Waals surface area contributed by atoms with E-state index in [1.54, 1.807) is 23.1 Å². The minimum atomic E-state index is -0.858. The summed E-state index contributed by atoms with van der Waals surface area (Å²) in [7, 11) is 1.53. The van der Waals surface area contributed by atoms with E-state index < -0.39 is 11.9 Å². The lowest BCUT2D eigenvalue weighted by molar-refractivity contribution is -0.142. The molecule has 1 aromatic rings. The summed E-state index contributed by atoms with van der Waals surface area (Å²) in [6, 6.07) is 7.07. The topological polar surface area (TPSA) is 76.1 Å². The smallest absolute Gasteiger partial charge is 0.308 e. The van der Waals surface area contributed by atoms with E-state index in [0.29, 0.717) is 18.0 Å². The third-order valence-electron chi connectivity index (χ3n) is 3.70. The van der Waals surface area contributed by atoms with E-state index in [1.165, 1.54) is 7.11 Å². The van der Waals surface area contributed by atoms with Crippen molar-refractivity contribution in [3.63, 3.8) is 0 Å². The van der Waals surface area contributed by atoms with E-state index in [4.69, 9.17) is 14.6 Å². The van der Waals surface area contributed by atoms with Gasteiger partial charge in [-0.3, -0.25) is 9.59 Å². The number of para-hydroxylation sites is 2. The molecule has 6 heteroatoms. The van der Waals surface area contributed by atoms with Gasteiger partial charge < -0.3 is 19.5 Å². The van der Waals surface area contributed by atoms with E-state index >= 15 is 0 Å². The van der Waals surface area contributed by atoms with Crippen molar-refractivity contribution in [1.82, 2.24) is 4.90 Å². The number of aliphatic carboxylic acids is 1. The molecule has 1 aromatic carbocycles. The van der Waals surface area contributed by atoms with Crippen molar-refractivity contribution < 1.29 is 24.2 Å². The molecule has 1 fully saturated rings. The van der Waals surface area contributed by atoms with Gasteiger partial charge in [-0.1, -0.05) is 19.1 Å². The highest BCUT2D eigenvalue weighted by Crippen LogP contribution is 2.26. The first-order valence-electron chi connectivity index (χ1n) is 6.79. The zero-order valence-corrected chi connectivity index (χ0v) is 12.1. The van der Waals surface area contributed by atoms with Gasteiger partial charge in [0.1, 0.15) is 0 Å². The Bertz CT molecular complexity index is 531. The fourth-order valence-corrected chi connectivity index (χ4v) is 2.46. The molecule has 0 bridgehead atoms. The van der Waals surface area contributed by atoms with Crippen molar-refractivity contribution in [3.8, 4) is 11.5 Å². The van der Waals surface area contributed by atoms with Gasteiger partial charge in [-0.15, -0.1) is 0 Å². The van der Waals surface area contributed by atoms with Gasteiger partial charge >= 0.3 is 5.97 Å². The predicted molar refractivity (Wildman–Crippen MR) is 75.4 cm³/mol. The number of methoxy groups -OCH3 is 1. The number of hydrogen-bond acceptors (Lipinski definition) is 4.